The van der Waals surface area contributed by atoms with E-state index in [2.05, 4.69) is 25.6 Å². The lowest BCUT2D eigenvalue weighted by Gasteiger charge is -2.27. The third kappa shape index (κ3) is 9.32. The lowest BCUT2D eigenvalue weighted by molar-refractivity contribution is -0.192. The highest BCUT2D eigenvalue weighted by Gasteiger charge is 2.38. The molecule has 1 saturated heterocycles. The minimum atomic E-state index is -5.08. The zero-order valence-corrected chi connectivity index (χ0v) is 22.7. The average Bonchev–Trinajstić information content (AvgIpc) is 2.98. The molecule has 14 nitrogen and oxygen atoms in total. The average molecular weight is 626 g/mol. The summed E-state index contributed by atoms with van der Waals surface area (Å²) >= 11 is 5.82. The van der Waals surface area contributed by atoms with Crippen LogP contribution in [0.15, 0.2) is 48.9 Å². The third-order valence-corrected chi connectivity index (χ3v) is 5.45. The summed E-state index contributed by atoms with van der Waals surface area (Å²) in [6, 6.07) is 7.97. The fourth-order valence-electron chi connectivity index (χ4n) is 3.34. The molecule has 0 radical (unpaired) electrons. The second kappa shape index (κ2) is 14.9. The zero-order valence-electron chi connectivity index (χ0n) is 21.9. The number of aliphatic carboxylic acids is 1. The standard InChI is InChI=1S/C23H22ClN7O5.C2HF3O2/c24-14-1-4-18(28-12-14)30-23(34)21-20(26-6-7-27-21)22(33)29-16-3-2-15(11-17(16)36-9-5-25)31-8-10-35-13-19(31)32;3-2(4,5)1(6)7/h1-4,6-7,11-12H,5,8-10,13,25H2,(H,29,33)(H,28,30,34);(H,6,7). The van der Waals surface area contributed by atoms with Crippen molar-refractivity contribution in [3.63, 3.8) is 0 Å². The van der Waals surface area contributed by atoms with E-state index in [9.17, 15) is 27.6 Å². The van der Waals surface area contributed by atoms with Crippen molar-refractivity contribution < 1.29 is 46.9 Å². The summed E-state index contributed by atoms with van der Waals surface area (Å²) in [5.74, 6) is -3.78. The molecular weight excluding hydrogens is 603 g/mol. The Morgan fingerprint density at radius 1 is 1.07 bits per heavy atom. The van der Waals surface area contributed by atoms with Crippen LogP contribution in [0, 0.1) is 0 Å². The van der Waals surface area contributed by atoms with Crippen LogP contribution < -0.4 is 26.0 Å². The number of amides is 3. The van der Waals surface area contributed by atoms with E-state index in [4.69, 9.17) is 36.7 Å². The molecule has 3 amide bonds. The molecule has 0 saturated carbocycles. The van der Waals surface area contributed by atoms with Gasteiger partial charge in [-0.05, 0) is 24.3 Å². The van der Waals surface area contributed by atoms with Crippen LogP contribution in [0.1, 0.15) is 21.0 Å². The van der Waals surface area contributed by atoms with Crippen LogP contribution in [0.3, 0.4) is 0 Å². The summed E-state index contributed by atoms with van der Waals surface area (Å²) < 4.78 is 42.6. The quantitative estimate of drug-likeness (QED) is 0.286. The Hall–Kier alpha value is -4.87. The van der Waals surface area contributed by atoms with Gasteiger partial charge in [0.05, 0.1) is 17.3 Å². The lowest BCUT2D eigenvalue weighted by atomic mass is 10.2. The normalized spacial score (nSPS) is 13.0. The first-order valence-electron chi connectivity index (χ1n) is 12.1. The van der Waals surface area contributed by atoms with E-state index in [1.54, 1.807) is 29.2 Å². The first kappa shape index (κ1) is 32.6. The minimum Gasteiger partial charge on any atom is -0.490 e. The molecule has 2 aromatic heterocycles. The molecule has 0 bridgehead atoms. The molecule has 3 heterocycles. The van der Waals surface area contributed by atoms with Gasteiger partial charge in [0.15, 0.2) is 11.4 Å². The molecule has 0 spiro atoms. The molecule has 5 N–H and O–H groups in total. The predicted molar refractivity (Wildman–Crippen MR) is 145 cm³/mol. The maximum absolute atomic E-state index is 13.1. The number of carbonyl (C=O) groups excluding carboxylic acids is 3. The van der Waals surface area contributed by atoms with Gasteiger partial charge in [-0.25, -0.2) is 19.7 Å². The number of pyridine rings is 1. The summed E-state index contributed by atoms with van der Waals surface area (Å²) in [4.78, 5) is 60.6. The van der Waals surface area contributed by atoms with Gasteiger partial charge in [-0.1, -0.05) is 11.6 Å². The van der Waals surface area contributed by atoms with E-state index in [0.717, 1.165) is 0 Å². The summed E-state index contributed by atoms with van der Waals surface area (Å²) in [5, 5.41) is 12.8. The number of nitrogens with one attached hydrogen (secondary N) is 2. The van der Waals surface area contributed by atoms with Gasteiger partial charge in [-0.2, -0.15) is 13.2 Å². The highest BCUT2D eigenvalue weighted by molar-refractivity contribution is 6.30. The summed E-state index contributed by atoms with van der Waals surface area (Å²) in [6.07, 6.45) is -1.12. The highest BCUT2D eigenvalue weighted by atomic mass is 35.5. The van der Waals surface area contributed by atoms with Gasteiger partial charge < -0.3 is 35.8 Å². The Balaban J connectivity index is 0.000000646. The highest BCUT2D eigenvalue weighted by Crippen LogP contribution is 2.31. The van der Waals surface area contributed by atoms with Crippen molar-refractivity contribution in [2.24, 2.45) is 5.73 Å². The number of hydrogen-bond donors (Lipinski definition) is 4. The van der Waals surface area contributed by atoms with E-state index in [-0.39, 0.29) is 42.9 Å². The number of ether oxygens (including phenoxy) is 2. The molecule has 43 heavy (non-hydrogen) atoms. The van der Waals surface area contributed by atoms with Gasteiger partial charge in [-0.15, -0.1) is 0 Å². The molecule has 228 valence electrons. The van der Waals surface area contributed by atoms with Crippen molar-refractivity contribution in [1.82, 2.24) is 15.0 Å². The number of benzene rings is 1. The number of carboxylic acid groups (broad SMARTS) is 1. The van der Waals surface area contributed by atoms with Crippen LogP contribution in [0.4, 0.5) is 30.4 Å². The molecule has 1 fully saturated rings. The number of aromatic nitrogens is 3. The second-order valence-electron chi connectivity index (χ2n) is 8.24. The van der Waals surface area contributed by atoms with Crippen molar-refractivity contribution >= 4 is 52.5 Å². The number of alkyl halides is 3. The fourth-order valence-corrected chi connectivity index (χ4v) is 3.45. The Kier molecular flexibility index (Phi) is 11.3. The molecule has 0 aliphatic carbocycles. The van der Waals surface area contributed by atoms with Crippen molar-refractivity contribution in [3.05, 3.63) is 65.3 Å². The van der Waals surface area contributed by atoms with Crippen LogP contribution in [0.2, 0.25) is 5.02 Å². The maximum atomic E-state index is 13.1. The maximum Gasteiger partial charge on any atom is 0.490 e. The van der Waals surface area contributed by atoms with Gasteiger partial charge in [0.2, 0.25) is 0 Å². The smallest absolute Gasteiger partial charge is 0.490 e. The van der Waals surface area contributed by atoms with E-state index < -0.39 is 24.0 Å². The van der Waals surface area contributed by atoms with Gasteiger partial charge in [0, 0.05) is 43.4 Å². The van der Waals surface area contributed by atoms with E-state index >= 15 is 0 Å². The van der Waals surface area contributed by atoms with Crippen molar-refractivity contribution in [3.8, 4) is 5.75 Å². The minimum absolute atomic E-state index is 0.0134. The third-order valence-electron chi connectivity index (χ3n) is 5.23. The Bertz CT molecular complexity index is 1480. The summed E-state index contributed by atoms with van der Waals surface area (Å²) in [7, 11) is 0. The molecular formula is C25H23ClF3N7O7. The van der Waals surface area contributed by atoms with Gasteiger partial charge >= 0.3 is 12.1 Å². The summed E-state index contributed by atoms with van der Waals surface area (Å²) in [6.45, 7) is 1.20. The van der Waals surface area contributed by atoms with E-state index in [0.29, 0.717) is 35.3 Å². The molecule has 3 aromatic rings. The number of morpholine rings is 1. The molecule has 0 unspecified atom stereocenters. The van der Waals surface area contributed by atoms with Crippen LogP contribution in [0.5, 0.6) is 5.75 Å². The molecule has 4 rings (SSSR count). The summed E-state index contributed by atoms with van der Waals surface area (Å²) in [5.41, 5.74) is 6.06. The Morgan fingerprint density at radius 2 is 1.72 bits per heavy atom. The number of nitrogens with zero attached hydrogens (tertiary/aromatic N) is 4. The number of rotatable bonds is 8. The number of nitrogens with two attached hydrogens (primary N) is 1. The van der Waals surface area contributed by atoms with Crippen LogP contribution in [0.25, 0.3) is 0 Å². The van der Waals surface area contributed by atoms with Crippen molar-refractivity contribution in [1.29, 1.82) is 0 Å². The van der Waals surface area contributed by atoms with Crippen LogP contribution >= 0.6 is 11.6 Å². The number of carboxylic acids is 1. The number of halogens is 4. The predicted octanol–water partition coefficient (Wildman–Crippen LogP) is 2.36. The molecule has 18 heteroatoms. The first-order valence-corrected chi connectivity index (χ1v) is 12.5. The van der Waals surface area contributed by atoms with E-state index in [1.807, 2.05) is 0 Å². The second-order valence-corrected chi connectivity index (χ2v) is 8.68. The lowest BCUT2D eigenvalue weighted by Crippen LogP contribution is -2.41. The first-order chi connectivity index (χ1) is 20.4. The molecule has 0 atom stereocenters. The van der Waals surface area contributed by atoms with Crippen LogP contribution in [-0.2, 0) is 14.3 Å². The zero-order chi connectivity index (χ0) is 31.6. The molecule has 1 aliphatic heterocycles. The van der Waals surface area contributed by atoms with Crippen molar-refractivity contribution in [2.45, 2.75) is 6.18 Å². The molecule has 1 aliphatic rings. The number of hydrogen-bond acceptors (Lipinski definition) is 10. The van der Waals surface area contributed by atoms with Gasteiger partial charge in [0.1, 0.15) is 24.8 Å². The molecule has 1 aromatic carbocycles. The largest absolute Gasteiger partial charge is 0.490 e. The Morgan fingerprint density at radius 3 is 2.28 bits per heavy atom. The monoisotopic (exact) mass is 625 g/mol. The number of anilines is 3. The van der Waals surface area contributed by atoms with Gasteiger partial charge in [-0.3, -0.25) is 14.4 Å². The van der Waals surface area contributed by atoms with E-state index in [1.165, 1.54) is 24.7 Å². The van der Waals surface area contributed by atoms with Gasteiger partial charge in [0.25, 0.3) is 17.7 Å². The topological polar surface area (TPSA) is 199 Å². The Labute approximate surface area is 246 Å². The SMILES string of the molecule is NCCOc1cc(N2CCOCC2=O)ccc1NC(=O)c1nccnc1C(=O)Nc1ccc(Cl)cn1.O=C(O)C(F)(F)F. The van der Waals surface area contributed by atoms with Crippen LogP contribution in [-0.4, -0.2) is 82.8 Å². The fraction of sp³-hybridized carbons (Fsp3) is 0.240. The van der Waals surface area contributed by atoms with Crippen molar-refractivity contribution in [2.75, 3.05) is 48.4 Å². The number of carbonyl (C=O) groups is 4.